The van der Waals surface area contributed by atoms with Crippen molar-refractivity contribution in [3.63, 3.8) is 0 Å². The van der Waals surface area contributed by atoms with Crippen molar-refractivity contribution < 1.29 is 4.92 Å². The number of hydrogen-bond acceptors (Lipinski definition) is 3. The summed E-state index contributed by atoms with van der Waals surface area (Å²) in [6.45, 7) is 0. The Morgan fingerprint density at radius 2 is 1.95 bits per heavy atom. The topological polar surface area (TPSA) is 66.9 Å². The smallest absolute Gasteiger partial charge is 0.258 e. The molecule has 0 aliphatic carbocycles. The minimum atomic E-state index is -0.464. The van der Waals surface area contributed by atoms with Gasteiger partial charge in [-0.3, -0.25) is 10.1 Å². The largest absolute Gasteiger partial charge is 0.269 e. The molecule has 0 aliphatic rings. The lowest BCUT2D eigenvalue weighted by atomic mass is 10.0. The summed E-state index contributed by atoms with van der Waals surface area (Å²) in [5, 5.41) is 19.8. The summed E-state index contributed by atoms with van der Waals surface area (Å²) in [6, 6.07) is 15.6. The summed E-state index contributed by atoms with van der Waals surface area (Å²) in [4.78, 5) is 10.1. The number of non-ortho nitro benzene ring substituents is 1. The second-order valence-corrected chi connectivity index (χ2v) is 4.94. The second-order valence-electron chi connectivity index (χ2n) is 4.03. The zero-order chi connectivity index (χ0) is 14.5. The SMILES string of the molecule is N#C/C(=C/c1cccc(Br)c1)c1ccc([N+](=O)[O-])cc1. The molecule has 0 radical (unpaired) electrons. The standard InChI is InChI=1S/C15H9BrN2O2/c16-14-3-1-2-11(9-14)8-13(10-17)12-4-6-15(7-5-12)18(19)20/h1-9H/b13-8-. The molecule has 0 amide bonds. The Morgan fingerprint density at radius 3 is 2.50 bits per heavy atom. The van der Waals surface area contributed by atoms with Crippen molar-refractivity contribution >= 4 is 33.3 Å². The van der Waals surface area contributed by atoms with Crippen molar-refractivity contribution in [2.24, 2.45) is 0 Å². The van der Waals surface area contributed by atoms with Gasteiger partial charge in [0.15, 0.2) is 0 Å². The molecule has 20 heavy (non-hydrogen) atoms. The van der Waals surface area contributed by atoms with E-state index in [0.29, 0.717) is 11.1 Å². The van der Waals surface area contributed by atoms with Gasteiger partial charge in [-0.2, -0.15) is 5.26 Å². The normalized spacial score (nSPS) is 10.9. The molecule has 2 rings (SSSR count). The summed E-state index contributed by atoms with van der Waals surface area (Å²) in [6.07, 6.45) is 1.74. The molecule has 0 aliphatic heterocycles. The van der Waals surface area contributed by atoms with Gasteiger partial charge >= 0.3 is 0 Å². The highest BCUT2D eigenvalue weighted by atomic mass is 79.9. The molecule has 0 atom stereocenters. The molecule has 2 aromatic rings. The first kappa shape index (κ1) is 14.0. The zero-order valence-corrected chi connectivity index (χ0v) is 11.9. The van der Waals surface area contributed by atoms with Crippen LogP contribution in [0.3, 0.4) is 0 Å². The van der Waals surface area contributed by atoms with E-state index in [1.54, 1.807) is 18.2 Å². The van der Waals surface area contributed by atoms with Crippen LogP contribution in [-0.4, -0.2) is 4.92 Å². The van der Waals surface area contributed by atoms with Gasteiger partial charge in [-0.05, 0) is 41.5 Å². The van der Waals surface area contributed by atoms with Gasteiger partial charge in [0, 0.05) is 16.6 Å². The van der Waals surface area contributed by atoms with Crippen molar-refractivity contribution in [1.82, 2.24) is 0 Å². The van der Waals surface area contributed by atoms with Crippen LogP contribution in [0, 0.1) is 21.4 Å². The number of nitro benzene ring substituents is 1. The molecular formula is C15H9BrN2O2. The van der Waals surface area contributed by atoms with E-state index in [0.717, 1.165) is 10.0 Å². The molecule has 4 nitrogen and oxygen atoms in total. The zero-order valence-electron chi connectivity index (χ0n) is 10.3. The molecule has 2 aromatic carbocycles. The van der Waals surface area contributed by atoms with Gasteiger partial charge in [0.05, 0.1) is 16.6 Å². The molecule has 0 N–H and O–H groups in total. The van der Waals surface area contributed by atoms with E-state index in [1.807, 2.05) is 24.3 Å². The number of hydrogen-bond donors (Lipinski definition) is 0. The molecule has 0 spiro atoms. The van der Waals surface area contributed by atoms with E-state index in [2.05, 4.69) is 22.0 Å². The molecule has 98 valence electrons. The maximum Gasteiger partial charge on any atom is 0.269 e. The maximum absolute atomic E-state index is 10.6. The summed E-state index contributed by atoms with van der Waals surface area (Å²) in [5.41, 5.74) is 2.00. The number of nitrogens with zero attached hydrogens (tertiary/aromatic N) is 2. The maximum atomic E-state index is 10.6. The minimum Gasteiger partial charge on any atom is -0.258 e. The van der Waals surface area contributed by atoms with Crippen molar-refractivity contribution in [3.05, 3.63) is 74.2 Å². The number of nitro groups is 1. The van der Waals surface area contributed by atoms with E-state index in [-0.39, 0.29) is 5.69 Å². The van der Waals surface area contributed by atoms with Crippen LogP contribution in [-0.2, 0) is 0 Å². The summed E-state index contributed by atoms with van der Waals surface area (Å²) in [7, 11) is 0. The molecule has 0 saturated carbocycles. The predicted octanol–water partition coefficient (Wildman–Crippen LogP) is 4.42. The fourth-order valence-electron chi connectivity index (χ4n) is 1.71. The third-order valence-corrected chi connectivity index (χ3v) is 3.16. The van der Waals surface area contributed by atoms with E-state index in [4.69, 9.17) is 0 Å². The first-order valence-corrected chi connectivity index (χ1v) is 6.51. The van der Waals surface area contributed by atoms with Gasteiger partial charge in [0.2, 0.25) is 0 Å². The molecule has 5 heteroatoms. The van der Waals surface area contributed by atoms with Crippen LogP contribution in [0.5, 0.6) is 0 Å². The summed E-state index contributed by atoms with van der Waals surface area (Å²) >= 11 is 3.37. The van der Waals surface area contributed by atoms with Gasteiger partial charge in [0.1, 0.15) is 0 Å². The van der Waals surface area contributed by atoms with Gasteiger partial charge < -0.3 is 0 Å². The highest BCUT2D eigenvalue weighted by Gasteiger charge is 2.06. The number of benzene rings is 2. The first-order valence-electron chi connectivity index (χ1n) is 5.72. The van der Waals surface area contributed by atoms with E-state index in [9.17, 15) is 15.4 Å². The summed E-state index contributed by atoms with van der Waals surface area (Å²) in [5.74, 6) is 0. The van der Waals surface area contributed by atoms with E-state index in [1.165, 1.54) is 12.1 Å². The Kier molecular flexibility index (Phi) is 4.28. The Balaban J connectivity index is 2.37. The van der Waals surface area contributed by atoms with Gasteiger partial charge in [-0.25, -0.2) is 0 Å². The van der Waals surface area contributed by atoms with Crippen molar-refractivity contribution in [1.29, 1.82) is 5.26 Å². The highest BCUT2D eigenvalue weighted by Crippen LogP contribution is 2.22. The first-order chi connectivity index (χ1) is 9.60. The lowest BCUT2D eigenvalue weighted by Gasteiger charge is -2.00. The Hall–Kier alpha value is -2.45. The van der Waals surface area contributed by atoms with Crippen molar-refractivity contribution in [2.45, 2.75) is 0 Å². The number of rotatable bonds is 3. The molecular weight excluding hydrogens is 320 g/mol. The molecule has 0 bridgehead atoms. The van der Waals surface area contributed by atoms with Crippen LogP contribution in [0.4, 0.5) is 5.69 Å². The van der Waals surface area contributed by atoms with E-state index < -0.39 is 4.92 Å². The lowest BCUT2D eigenvalue weighted by Crippen LogP contribution is -1.88. The highest BCUT2D eigenvalue weighted by molar-refractivity contribution is 9.10. The van der Waals surface area contributed by atoms with Gasteiger partial charge in [-0.15, -0.1) is 0 Å². The summed E-state index contributed by atoms with van der Waals surface area (Å²) < 4.78 is 0.923. The van der Waals surface area contributed by atoms with Crippen LogP contribution in [0.25, 0.3) is 11.6 Å². The van der Waals surface area contributed by atoms with Gasteiger partial charge in [0.25, 0.3) is 5.69 Å². The number of halogens is 1. The van der Waals surface area contributed by atoms with Crippen molar-refractivity contribution in [2.75, 3.05) is 0 Å². The average Bonchev–Trinajstić information content (AvgIpc) is 2.45. The third-order valence-electron chi connectivity index (χ3n) is 2.67. The molecule has 0 fully saturated rings. The number of allylic oxidation sites excluding steroid dienone is 1. The molecule has 0 saturated heterocycles. The Labute approximate surface area is 124 Å². The van der Waals surface area contributed by atoms with Crippen molar-refractivity contribution in [3.8, 4) is 6.07 Å². The lowest BCUT2D eigenvalue weighted by molar-refractivity contribution is -0.384. The Bertz CT molecular complexity index is 715. The fourth-order valence-corrected chi connectivity index (χ4v) is 2.12. The predicted molar refractivity (Wildman–Crippen MR) is 80.7 cm³/mol. The quantitative estimate of drug-likeness (QED) is 0.362. The van der Waals surface area contributed by atoms with Crippen LogP contribution < -0.4 is 0 Å². The fraction of sp³-hybridized carbons (Fsp3) is 0. The third kappa shape index (κ3) is 3.31. The van der Waals surface area contributed by atoms with Crippen LogP contribution in [0.1, 0.15) is 11.1 Å². The van der Waals surface area contributed by atoms with Crippen LogP contribution >= 0.6 is 15.9 Å². The monoisotopic (exact) mass is 328 g/mol. The second kappa shape index (κ2) is 6.13. The van der Waals surface area contributed by atoms with Crippen LogP contribution in [0.15, 0.2) is 53.0 Å². The van der Waals surface area contributed by atoms with Crippen LogP contribution in [0.2, 0.25) is 0 Å². The number of nitriles is 1. The Morgan fingerprint density at radius 1 is 1.25 bits per heavy atom. The molecule has 0 unspecified atom stereocenters. The van der Waals surface area contributed by atoms with E-state index >= 15 is 0 Å². The van der Waals surface area contributed by atoms with Gasteiger partial charge in [-0.1, -0.05) is 28.1 Å². The average molecular weight is 329 g/mol. The molecule has 0 aromatic heterocycles. The molecule has 0 heterocycles. The minimum absolute atomic E-state index is 0.00787.